The molecule has 1 fully saturated rings. The van der Waals surface area contributed by atoms with E-state index in [0.717, 1.165) is 31.1 Å². The first-order valence-corrected chi connectivity index (χ1v) is 11.5. The fraction of sp³-hybridized carbons (Fsp3) is 0.259. The molecule has 4 nitrogen and oxygen atoms in total. The average molecular weight is 520 g/mol. The van der Waals surface area contributed by atoms with Crippen molar-refractivity contribution in [1.29, 1.82) is 0 Å². The number of amides is 2. The first-order valence-electron chi connectivity index (χ1n) is 11.5. The lowest BCUT2D eigenvalue weighted by atomic mass is 9.98. The maximum absolute atomic E-state index is 13.7. The predicted octanol–water partition coefficient (Wildman–Crippen LogP) is 6.53. The maximum atomic E-state index is 13.7. The van der Waals surface area contributed by atoms with Gasteiger partial charge in [-0.25, -0.2) is 0 Å². The predicted molar refractivity (Wildman–Crippen MR) is 127 cm³/mol. The fourth-order valence-corrected chi connectivity index (χ4v) is 4.35. The van der Waals surface area contributed by atoms with Crippen LogP contribution in [0.1, 0.15) is 45.9 Å². The number of fused-ring (bicyclic) bond motifs is 1. The van der Waals surface area contributed by atoms with Gasteiger partial charge in [0.05, 0.1) is 5.56 Å². The Hall–Kier alpha value is -3.82. The van der Waals surface area contributed by atoms with Crippen LogP contribution in [0.3, 0.4) is 0 Å². The molecule has 3 aromatic carbocycles. The molecule has 0 radical (unpaired) electrons. The number of nitrogens with one attached hydrogen (secondary N) is 1. The minimum atomic E-state index is -5.03. The van der Waals surface area contributed by atoms with E-state index in [0.29, 0.717) is 47.1 Å². The molecule has 37 heavy (non-hydrogen) atoms. The molecule has 0 aliphatic carbocycles. The maximum Gasteiger partial charge on any atom is 0.416 e. The van der Waals surface area contributed by atoms with Crippen molar-refractivity contribution in [1.82, 2.24) is 10.2 Å². The van der Waals surface area contributed by atoms with E-state index in [1.54, 1.807) is 46.6 Å². The summed E-state index contributed by atoms with van der Waals surface area (Å²) < 4.78 is 79.9. The summed E-state index contributed by atoms with van der Waals surface area (Å²) in [6, 6.07) is 10.3. The summed E-state index contributed by atoms with van der Waals surface area (Å²) >= 11 is 0. The van der Waals surface area contributed by atoms with Crippen LogP contribution in [0.15, 0.2) is 66.7 Å². The van der Waals surface area contributed by atoms with Gasteiger partial charge in [-0.15, -0.1) is 0 Å². The third-order valence-electron chi connectivity index (χ3n) is 6.16. The van der Waals surface area contributed by atoms with E-state index in [9.17, 15) is 35.9 Å². The minimum Gasteiger partial charge on any atom is -0.339 e. The highest BCUT2D eigenvalue weighted by Crippen LogP contribution is 2.36. The van der Waals surface area contributed by atoms with Gasteiger partial charge in [0.1, 0.15) is 0 Å². The summed E-state index contributed by atoms with van der Waals surface area (Å²) in [5.74, 6) is -1.25. The highest BCUT2D eigenvalue weighted by Gasteiger charge is 2.42. The van der Waals surface area contributed by atoms with Crippen LogP contribution in [0.2, 0.25) is 0 Å². The minimum absolute atomic E-state index is 0.115. The normalized spacial score (nSPS) is 15.4. The van der Waals surface area contributed by atoms with Crippen molar-refractivity contribution in [3.8, 4) is 0 Å². The van der Waals surface area contributed by atoms with E-state index >= 15 is 0 Å². The number of nitrogens with zero attached hydrogens (tertiary/aromatic N) is 1. The Morgan fingerprint density at radius 2 is 1.54 bits per heavy atom. The van der Waals surface area contributed by atoms with Crippen molar-refractivity contribution in [2.45, 2.75) is 31.2 Å². The van der Waals surface area contributed by atoms with E-state index < -0.39 is 35.4 Å². The Kier molecular flexibility index (Phi) is 7.29. The molecule has 3 aromatic rings. The summed E-state index contributed by atoms with van der Waals surface area (Å²) in [4.78, 5) is 27.1. The van der Waals surface area contributed by atoms with Crippen LogP contribution < -0.4 is 5.32 Å². The van der Waals surface area contributed by atoms with Gasteiger partial charge in [-0.1, -0.05) is 42.5 Å². The summed E-state index contributed by atoms with van der Waals surface area (Å²) in [5.41, 5.74) is -1.01. The lowest BCUT2D eigenvalue weighted by Crippen LogP contribution is -2.37. The molecule has 0 aromatic heterocycles. The standard InChI is InChI=1S/C27H22F6N2O2/c28-26(29,30)19-7-5-6-18(16-19)24(27(31,32)33)34-23(36)13-11-17-10-12-22(21-9-2-1-8-20(17)21)25(37)35-14-3-4-15-35/h1-2,5-13,16,24H,3-4,14-15H2,(H,34,36)/b13-11+. The van der Waals surface area contributed by atoms with Gasteiger partial charge in [0.15, 0.2) is 6.04 Å². The molecular weight excluding hydrogens is 498 g/mol. The quantitative estimate of drug-likeness (QED) is 0.307. The number of likely N-dealkylation sites (tertiary alicyclic amines) is 1. The second kappa shape index (κ2) is 10.3. The van der Waals surface area contributed by atoms with Gasteiger partial charge in [0.2, 0.25) is 5.91 Å². The average Bonchev–Trinajstić information content (AvgIpc) is 3.39. The molecule has 1 atom stereocenters. The molecule has 1 unspecified atom stereocenters. The molecule has 10 heteroatoms. The summed E-state index contributed by atoms with van der Waals surface area (Å²) in [7, 11) is 0. The van der Waals surface area contributed by atoms with Crippen molar-refractivity contribution < 1.29 is 35.9 Å². The van der Waals surface area contributed by atoms with E-state index in [-0.39, 0.29) is 5.91 Å². The number of rotatable bonds is 5. The molecule has 1 N–H and O–H groups in total. The Labute approximate surface area is 208 Å². The summed E-state index contributed by atoms with van der Waals surface area (Å²) in [5, 5.41) is 3.02. The second-order valence-electron chi connectivity index (χ2n) is 8.69. The first kappa shape index (κ1) is 26.2. The number of carbonyl (C=O) groups is 2. The zero-order valence-electron chi connectivity index (χ0n) is 19.4. The Balaban J connectivity index is 1.59. The third kappa shape index (κ3) is 5.95. The van der Waals surface area contributed by atoms with Gasteiger partial charge in [-0.3, -0.25) is 9.59 Å². The smallest absolute Gasteiger partial charge is 0.339 e. The molecule has 1 aliphatic rings. The van der Waals surface area contributed by atoms with Gasteiger partial charge < -0.3 is 10.2 Å². The lowest BCUT2D eigenvalue weighted by molar-refractivity contribution is -0.162. The second-order valence-corrected chi connectivity index (χ2v) is 8.69. The monoisotopic (exact) mass is 520 g/mol. The zero-order valence-corrected chi connectivity index (χ0v) is 19.4. The molecule has 0 spiro atoms. The van der Waals surface area contributed by atoms with Gasteiger partial charge in [-0.05, 0) is 59.0 Å². The van der Waals surface area contributed by atoms with Crippen molar-refractivity contribution in [2.24, 2.45) is 0 Å². The number of carbonyl (C=O) groups excluding carboxylic acids is 2. The topological polar surface area (TPSA) is 49.4 Å². The molecular formula is C27H22F6N2O2. The molecule has 2 amide bonds. The van der Waals surface area contributed by atoms with Gasteiger partial charge in [0, 0.05) is 24.7 Å². The van der Waals surface area contributed by atoms with Crippen molar-refractivity contribution in [2.75, 3.05) is 13.1 Å². The van der Waals surface area contributed by atoms with Crippen molar-refractivity contribution >= 4 is 28.7 Å². The van der Waals surface area contributed by atoms with Gasteiger partial charge >= 0.3 is 12.4 Å². The zero-order chi connectivity index (χ0) is 26.8. The van der Waals surface area contributed by atoms with Crippen LogP contribution in [0.4, 0.5) is 26.3 Å². The van der Waals surface area contributed by atoms with Crippen LogP contribution in [-0.4, -0.2) is 36.0 Å². The molecule has 1 saturated heterocycles. The Morgan fingerprint density at radius 3 is 2.19 bits per heavy atom. The molecule has 4 rings (SSSR count). The molecule has 0 bridgehead atoms. The number of hydrogen-bond donors (Lipinski definition) is 1. The highest BCUT2D eigenvalue weighted by atomic mass is 19.4. The Morgan fingerprint density at radius 1 is 0.865 bits per heavy atom. The number of hydrogen-bond acceptors (Lipinski definition) is 2. The number of alkyl halides is 6. The van der Waals surface area contributed by atoms with Crippen molar-refractivity contribution in [3.63, 3.8) is 0 Å². The highest BCUT2D eigenvalue weighted by molar-refractivity contribution is 6.09. The van der Waals surface area contributed by atoms with E-state index in [1.807, 2.05) is 0 Å². The fourth-order valence-electron chi connectivity index (χ4n) is 4.35. The number of benzene rings is 3. The van der Waals surface area contributed by atoms with E-state index in [4.69, 9.17) is 0 Å². The summed E-state index contributed by atoms with van der Waals surface area (Å²) in [6.45, 7) is 1.34. The molecule has 1 heterocycles. The lowest BCUT2D eigenvalue weighted by Gasteiger charge is -2.22. The van der Waals surface area contributed by atoms with Crippen LogP contribution in [-0.2, 0) is 11.0 Å². The van der Waals surface area contributed by atoms with Crippen molar-refractivity contribution in [3.05, 3.63) is 89.0 Å². The van der Waals surface area contributed by atoms with E-state index in [2.05, 4.69) is 0 Å². The van der Waals surface area contributed by atoms with Crippen LogP contribution in [0.5, 0.6) is 0 Å². The largest absolute Gasteiger partial charge is 0.416 e. The number of halogens is 6. The van der Waals surface area contributed by atoms with Gasteiger partial charge in [0.25, 0.3) is 5.91 Å². The van der Waals surface area contributed by atoms with Crippen LogP contribution >= 0.6 is 0 Å². The molecule has 1 aliphatic heterocycles. The Bertz CT molecular complexity index is 1340. The SMILES string of the molecule is O=C(/C=C/c1ccc(C(=O)N2CCCC2)c2ccccc12)NC(c1cccc(C(F)(F)F)c1)C(F)(F)F. The van der Waals surface area contributed by atoms with Gasteiger partial charge in [-0.2, -0.15) is 26.3 Å². The van der Waals surface area contributed by atoms with Crippen LogP contribution in [0, 0.1) is 0 Å². The van der Waals surface area contributed by atoms with Crippen LogP contribution in [0.25, 0.3) is 16.8 Å². The summed E-state index contributed by atoms with van der Waals surface area (Å²) in [6.07, 6.45) is -5.81. The molecule has 0 saturated carbocycles. The third-order valence-corrected chi connectivity index (χ3v) is 6.16. The van der Waals surface area contributed by atoms with E-state index in [1.165, 1.54) is 6.08 Å². The first-order chi connectivity index (χ1) is 17.4. The molecule has 194 valence electrons.